The van der Waals surface area contributed by atoms with E-state index in [1.165, 1.54) is 0 Å². The summed E-state index contributed by atoms with van der Waals surface area (Å²) >= 11 is 0. The molecule has 1 aromatic rings. The van der Waals surface area contributed by atoms with E-state index in [4.69, 9.17) is 9.84 Å². The third kappa shape index (κ3) is 8.05. The Morgan fingerprint density at radius 2 is 1.94 bits per heavy atom. The van der Waals surface area contributed by atoms with Gasteiger partial charge >= 0.3 is 0 Å². The molecule has 0 saturated heterocycles. The van der Waals surface area contributed by atoms with Gasteiger partial charge in [0.05, 0.1) is 6.61 Å². The van der Waals surface area contributed by atoms with Crippen LogP contribution in [-0.4, -0.2) is 30.4 Å². The van der Waals surface area contributed by atoms with E-state index in [-0.39, 0.29) is 6.61 Å². The fourth-order valence-corrected chi connectivity index (χ4v) is 0.801. The number of aromatic nitrogens is 1. The molecule has 4 heteroatoms. The van der Waals surface area contributed by atoms with Crippen molar-refractivity contribution < 1.29 is 9.84 Å². The molecule has 16 heavy (non-hydrogen) atoms. The molecule has 1 rings (SSSR count). The molecular formula is C12H24N2O2. The largest absolute Gasteiger partial charge is 0.491 e. The van der Waals surface area contributed by atoms with Gasteiger partial charge in [-0.3, -0.25) is 0 Å². The second-order valence-corrected chi connectivity index (χ2v) is 2.20. The summed E-state index contributed by atoms with van der Waals surface area (Å²) in [5.41, 5.74) is 0. The SMILES string of the molecule is CC.CC.CNc1cc(OCCO)ccn1. The molecule has 0 aliphatic carbocycles. The normalized spacial score (nSPS) is 7.88. The summed E-state index contributed by atoms with van der Waals surface area (Å²) in [7, 11) is 1.79. The van der Waals surface area contributed by atoms with Crippen LogP contribution in [0.25, 0.3) is 0 Å². The van der Waals surface area contributed by atoms with E-state index in [1.54, 1.807) is 25.4 Å². The van der Waals surface area contributed by atoms with Gasteiger partial charge in [0.15, 0.2) is 0 Å². The molecule has 0 aliphatic rings. The highest BCUT2D eigenvalue weighted by molar-refractivity contribution is 5.39. The maximum atomic E-state index is 8.50. The highest BCUT2D eigenvalue weighted by Crippen LogP contribution is 2.13. The topological polar surface area (TPSA) is 54.4 Å². The maximum Gasteiger partial charge on any atom is 0.129 e. The summed E-state index contributed by atoms with van der Waals surface area (Å²) in [4.78, 5) is 4.01. The Morgan fingerprint density at radius 1 is 1.31 bits per heavy atom. The molecule has 2 N–H and O–H groups in total. The first-order chi connectivity index (χ1) is 7.86. The number of nitrogens with one attached hydrogen (secondary N) is 1. The lowest BCUT2D eigenvalue weighted by molar-refractivity contribution is 0.201. The second-order valence-electron chi connectivity index (χ2n) is 2.20. The zero-order valence-electron chi connectivity index (χ0n) is 10.9. The number of hydrogen-bond donors (Lipinski definition) is 2. The summed E-state index contributed by atoms with van der Waals surface area (Å²) in [5.74, 6) is 1.47. The van der Waals surface area contributed by atoms with Crippen LogP contribution < -0.4 is 10.1 Å². The second kappa shape index (κ2) is 13.7. The molecule has 0 bridgehead atoms. The highest BCUT2D eigenvalue weighted by Gasteiger charge is 1.94. The molecule has 94 valence electrons. The van der Waals surface area contributed by atoms with Crippen molar-refractivity contribution in [3.05, 3.63) is 18.3 Å². The van der Waals surface area contributed by atoms with E-state index in [0.29, 0.717) is 12.4 Å². The van der Waals surface area contributed by atoms with Gasteiger partial charge in [0.2, 0.25) is 0 Å². The van der Waals surface area contributed by atoms with Crippen LogP contribution in [0.15, 0.2) is 18.3 Å². The summed E-state index contributed by atoms with van der Waals surface area (Å²) in [6.45, 7) is 8.34. The van der Waals surface area contributed by atoms with Gasteiger partial charge < -0.3 is 15.2 Å². The first-order valence-electron chi connectivity index (χ1n) is 5.74. The van der Waals surface area contributed by atoms with E-state index < -0.39 is 0 Å². The monoisotopic (exact) mass is 228 g/mol. The minimum absolute atomic E-state index is 0.0250. The van der Waals surface area contributed by atoms with Gasteiger partial charge in [-0.25, -0.2) is 4.98 Å². The number of hydrogen-bond acceptors (Lipinski definition) is 4. The Bertz CT molecular complexity index is 242. The average Bonchev–Trinajstić information content (AvgIpc) is 2.41. The molecule has 0 radical (unpaired) electrons. The van der Waals surface area contributed by atoms with Crippen LogP contribution in [0.1, 0.15) is 27.7 Å². The van der Waals surface area contributed by atoms with Crippen LogP contribution in [0.3, 0.4) is 0 Å². The Labute approximate surface area is 98.7 Å². The van der Waals surface area contributed by atoms with Crippen LogP contribution in [0.2, 0.25) is 0 Å². The van der Waals surface area contributed by atoms with Gasteiger partial charge in [0.1, 0.15) is 18.2 Å². The minimum Gasteiger partial charge on any atom is -0.491 e. The molecule has 0 atom stereocenters. The third-order valence-electron chi connectivity index (χ3n) is 1.35. The van der Waals surface area contributed by atoms with Crippen molar-refractivity contribution in [3.63, 3.8) is 0 Å². The van der Waals surface area contributed by atoms with Gasteiger partial charge in [-0.15, -0.1) is 0 Å². The van der Waals surface area contributed by atoms with Gasteiger partial charge in [0, 0.05) is 19.3 Å². The molecule has 1 aromatic heterocycles. The highest BCUT2D eigenvalue weighted by atomic mass is 16.5. The average molecular weight is 228 g/mol. The third-order valence-corrected chi connectivity index (χ3v) is 1.35. The number of anilines is 1. The molecule has 0 saturated carbocycles. The smallest absolute Gasteiger partial charge is 0.129 e. The van der Waals surface area contributed by atoms with Crippen molar-refractivity contribution in [1.29, 1.82) is 0 Å². The lowest BCUT2D eigenvalue weighted by atomic mass is 10.4. The van der Waals surface area contributed by atoms with E-state index >= 15 is 0 Å². The summed E-state index contributed by atoms with van der Waals surface area (Å²) < 4.78 is 5.17. The predicted molar refractivity (Wildman–Crippen MR) is 69.1 cm³/mol. The maximum absolute atomic E-state index is 8.50. The zero-order chi connectivity index (χ0) is 12.8. The Hall–Kier alpha value is -1.29. The molecule has 0 spiro atoms. The molecule has 4 nitrogen and oxygen atoms in total. The van der Waals surface area contributed by atoms with Crippen molar-refractivity contribution in [1.82, 2.24) is 4.98 Å². The molecule has 0 unspecified atom stereocenters. The summed E-state index contributed by atoms with van der Waals surface area (Å²) in [6, 6.07) is 3.52. The van der Waals surface area contributed by atoms with Crippen LogP contribution in [0.4, 0.5) is 5.82 Å². The Kier molecular flexibility index (Phi) is 14.7. The number of aliphatic hydroxyl groups is 1. The van der Waals surface area contributed by atoms with Crippen LogP contribution in [0, 0.1) is 0 Å². The lowest BCUT2D eigenvalue weighted by Gasteiger charge is -2.04. The molecule has 0 fully saturated rings. The fourth-order valence-electron chi connectivity index (χ4n) is 0.801. The van der Waals surface area contributed by atoms with Gasteiger partial charge in [-0.05, 0) is 6.07 Å². The van der Waals surface area contributed by atoms with Crippen molar-refractivity contribution in [2.24, 2.45) is 0 Å². The van der Waals surface area contributed by atoms with Crippen molar-refractivity contribution >= 4 is 5.82 Å². The lowest BCUT2D eigenvalue weighted by Crippen LogP contribution is -2.02. The molecule has 0 aromatic carbocycles. The Balaban J connectivity index is 0. The van der Waals surface area contributed by atoms with Crippen LogP contribution >= 0.6 is 0 Å². The van der Waals surface area contributed by atoms with E-state index in [9.17, 15) is 0 Å². The first kappa shape index (κ1) is 17.1. The van der Waals surface area contributed by atoms with Crippen LogP contribution in [0.5, 0.6) is 5.75 Å². The first-order valence-corrected chi connectivity index (χ1v) is 5.74. The molecular weight excluding hydrogens is 204 g/mol. The number of pyridine rings is 1. The summed E-state index contributed by atoms with van der Waals surface area (Å²) in [5, 5.41) is 11.4. The summed E-state index contributed by atoms with van der Waals surface area (Å²) in [6.07, 6.45) is 1.65. The standard InChI is InChI=1S/C8H12N2O2.2C2H6/c1-9-8-6-7(2-3-10-8)12-5-4-11;2*1-2/h2-3,6,11H,4-5H2,1H3,(H,9,10);2*1-2H3. The van der Waals surface area contributed by atoms with Crippen molar-refractivity contribution in [2.75, 3.05) is 25.6 Å². The van der Waals surface area contributed by atoms with Crippen molar-refractivity contribution in [2.45, 2.75) is 27.7 Å². The number of ether oxygens (including phenoxy) is 1. The zero-order valence-corrected chi connectivity index (χ0v) is 10.9. The molecule has 0 amide bonds. The number of aliphatic hydroxyl groups excluding tert-OH is 1. The van der Waals surface area contributed by atoms with Gasteiger partial charge in [0.25, 0.3) is 0 Å². The quantitative estimate of drug-likeness (QED) is 0.831. The van der Waals surface area contributed by atoms with Gasteiger partial charge in [-0.2, -0.15) is 0 Å². The predicted octanol–water partition coefficient (Wildman–Crippen LogP) is 2.55. The number of rotatable bonds is 4. The van der Waals surface area contributed by atoms with Crippen molar-refractivity contribution in [3.8, 4) is 5.75 Å². The molecule has 0 aliphatic heterocycles. The minimum atomic E-state index is 0.0250. The van der Waals surface area contributed by atoms with E-state index in [1.807, 2.05) is 27.7 Å². The fraction of sp³-hybridized carbons (Fsp3) is 0.583. The molecule has 1 heterocycles. The van der Waals surface area contributed by atoms with Crippen LogP contribution in [-0.2, 0) is 0 Å². The Morgan fingerprint density at radius 3 is 2.44 bits per heavy atom. The number of nitrogens with zero attached hydrogens (tertiary/aromatic N) is 1. The van der Waals surface area contributed by atoms with E-state index in [0.717, 1.165) is 5.82 Å². The van der Waals surface area contributed by atoms with E-state index in [2.05, 4.69) is 10.3 Å². The van der Waals surface area contributed by atoms with Gasteiger partial charge in [-0.1, -0.05) is 27.7 Å².